The van der Waals surface area contributed by atoms with Crippen LogP contribution in [0.2, 0.25) is 0 Å². The Hall–Kier alpha value is -2.03. The molecule has 1 aromatic heterocycles. The number of aliphatic imine (C=N–C) groups is 1. The number of hydrogen-bond acceptors (Lipinski definition) is 5. The molecule has 0 unspecified atom stereocenters. The number of carbonyl (C=O) groups is 2. The predicted octanol–water partition coefficient (Wildman–Crippen LogP) is 3.16. The fourth-order valence-corrected chi connectivity index (χ4v) is 4.77. The first-order valence-corrected chi connectivity index (χ1v) is 9.32. The van der Waals surface area contributed by atoms with Gasteiger partial charge in [-0.2, -0.15) is 13.2 Å². The lowest BCUT2D eigenvalue weighted by Crippen LogP contribution is -2.61. The van der Waals surface area contributed by atoms with Crippen molar-refractivity contribution in [3.63, 3.8) is 0 Å². The third kappa shape index (κ3) is 3.83. The van der Waals surface area contributed by atoms with Crippen LogP contribution in [-0.2, 0) is 22.2 Å². The zero-order valence-corrected chi connectivity index (χ0v) is 15.9. The van der Waals surface area contributed by atoms with Crippen molar-refractivity contribution in [3.05, 3.63) is 27.7 Å². The highest BCUT2D eigenvalue weighted by Crippen LogP contribution is 2.48. The summed E-state index contributed by atoms with van der Waals surface area (Å²) < 4.78 is 37.9. The molecule has 0 saturated carbocycles. The van der Waals surface area contributed by atoms with Gasteiger partial charge >= 0.3 is 6.18 Å². The van der Waals surface area contributed by atoms with Gasteiger partial charge in [0.2, 0.25) is 5.91 Å². The summed E-state index contributed by atoms with van der Waals surface area (Å²) in [4.78, 5) is 33.8. The molecule has 1 aliphatic heterocycles. The fourth-order valence-electron chi connectivity index (χ4n) is 3.98. The maximum atomic E-state index is 12.6. The fraction of sp³-hybridized carbons (Fsp3) is 0.556. The standard InChI is InChI=1S/C18H20F3N3O2S/c1-16(2)8-17(5-11(6-22-3)15(16)26)9-24(10-17)14(25)4-13-23-12(7-27-13)18(19,20)21/h5,7H,3-4,6,8-10H2,1-2H3. The third-order valence-corrected chi connectivity index (χ3v) is 5.82. The largest absolute Gasteiger partial charge is 0.434 e. The van der Waals surface area contributed by atoms with Gasteiger partial charge in [-0.05, 0) is 13.1 Å². The molecule has 146 valence electrons. The molecule has 0 bridgehead atoms. The van der Waals surface area contributed by atoms with E-state index in [1.54, 1.807) is 4.90 Å². The van der Waals surface area contributed by atoms with E-state index in [9.17, 15) is 22.8 Å². The van der Waals surface area contributed by atoms with Crippen molar-refractivity contribution < 1.29 is 22.8 Å². The Labute approximate surface area is 159 Å². The van der Waals surface area contributed by atoms with Gasteiger partial charge in [-0.3, -0.25) is 14.6 Å². The van der Waals surface area contributed by atoms with Crippen molar-refractivity contribution in [2.75, 3.05) is 19.6 Å². The monoisotopic (exact) mass is 399 g/mol. The topological polar surface area (TPSA) is 62.6 Å². The van der Waals surface area contributed by atoms with Crippen LogP contribution in [0.1, 0.15) is 31.0 Å². The lowest BCUT2D eigenvalue weighted by atomic mass is 9.61. The molecule has 0 atom stereocenters. The van der Waals surface area contributed by atoms with Gasteiger partial charge in [-0.25, -0.2) is 4.98 Å². The number of ketones is 1. The van der Waals surface area contributed by atoms with E-state index in [2.05, 4.69) is 16.7 Å². The van der Waals surface area contributed by atoms with Crippen LogP contribution >= 0.6 is 11.3 Å². The van der Waals surface area contributed by atoms with E-state index in [0.29, 0.717) is 25.1 Å². The summed E-state index contributed by atoms with van der Waals surface area (Å²) in [6.07, 6.45) is -2.12. The summed E-state index contributed by atoms with van der Waals surface area (Å²) in [6, 6.07) is 0. The Bertz CT molecular complexity index is 820. The van der Waals surface area contributed by atoms with Crippen LogP contribution in [0.5, 0.6) is 0 Å². The Balaban J connectivity index is 1.67. The molecule has 27 heavy (non-hydrogen) atoms. The Morgan fingerprint density at radius 2 is 2.07 bits per heavy atom. The van der Waals surface area contributed by atoms with Crippen molar-refractivity contribution in [3.8, 4) is 0 Å². The van der Waals surface area contributed by atoms with Gasteiger partial charge in [0.05, 0.1) is 13.0 Å². The maximum absolute atomic E-state index is 12.6. The van der Waals surface area contributed by atoms with Gasteiger partial charge in [0.15, 0.2) is 11.5 Å². The number of halogens is 3. The van der Waals surface area contributed by atoms with Crippen LogP contribution in [0.25, 0.3) is 0 Å². The van der Waals surface area contributed by atoms with Crippen LogP contribution in [0.4, 0.5) is 13.2 Å². The normalized spacial score (nSPS) is 21.0. The number of rotatable bonds is 4. The molecule has 5 nitrogen and oxygen atoms in total. The molecule has 1 saturated heterocycles. The van der Waals surface area contributed by atoms with Crippen LogP contribution in [0, 0.1) is 10.8 Å². The van der Waals surface area contributed by atoms with E-state index in [4.69, 9.17) is 0 Å². The highest BCUT2D eigenvalue weighted by atomic mass is 32.1. The molecular weight excluding hydrogens is 379 g/mol. The first-order valence-electron chi connectivity index (χ1n) is 8.44. The number of thiazole rings is 1. The van der Waals surface area contributed by atoms with Crippen LogP contribution < -0.4 is 0 Å². The highest BCUT2D eigenvalue weighted by Gasteiger charge is 2.51. The minimum atomic E-state index is -4.50. The second-order valence-corrected chi connectivity index (χ2v) is 8.80. The number of hydrogen-bond donors (Lipinski definition) is 0. The molecule has 1 fully saturated rings. The molecule has 0 aromatic carbocycles. The van der Waals surface area contributed by atoms with Crippen molar-refractivity contribution in [2.45, 2.75) is 32.9 Å². The van der Waals surface area contributed by atoms with Crippen LogP contribution in [-0.4, -0.2) is 47.9 Å². The minimum Gasteiger partial charge on any atom is -0.340 e. The van der Waals surface area contributed by atoms with Crippen LogP contribution in [0.3, 0.4) is 0 Å². The summed E-state index contributed by atoms with van der Waals surface area (Å²) >= 11 is 0.836. The zero-order chi connectivity index (χ0) is 20.0. The molecule has 1 aromatic rings. The zero-order valence-electron chi connectivity index (χ0n) is 15.1. The Morgan fingerprint density at radius 1 is 1.41 bits per heavy atom. The summed E-state index contributed by atoms with van der Waals surface area (Å²) in [7, 11) is 0. The second-order valence-electron chi connectivity index (χ2n) is 7.85. The first-order chi connectivity index (χ1) is 12.5. The number of likely N-dealkylation sites (tertiary alicyclic amines) is 1. The molecular formula is C18H20F3N3O2S. The highest BCUT2D eigenvalue weighted by molar-refractivity contribution is 7.09. The van der Waals surface area contributed by atoms with Gasteiger partial charge in [0.1, 0.15) is 5.01 Å². The Morgan fingerprint density at radius 3 is 2.63 bits per heavy atom. The molecule has 1 aliphatic carbocycles. The average Bonchev–Trinajstić information content (AvgIpc) is 2.98. The number of nitrogens with zero attached hydrogens (tertiary/aromatic N) is 3. The van der Waals surface area contributed by atoms with Gasteiger partial charge in [-0.1, -0.05) is 19.9 Å². The molecule has 1 spiro atoms. The molecule has 2 heterocycles. The van der Waals surface area contributed by atoms with Gasteiger partial charge < -0.3 is 4.90 Å². The predicted molar refractivity (Wildman–Crippen MR) is 95.7 cm³/mol. The average molecular weight is 399 g/mol. The Kier molecular flexibility index (Phi) is 4.78. The molecule has 0 N–H and O–H groups in total. The lowest BCUT2D eigenvalue weighted by molar-refractivity contribution is -0.144. The molecule has 3 rings (SSSR count). The van der Waals surface area contributed by atoms with Crippen molar-refractivity contribution in [1.82, 2.24) is 9.88 Å². The minimum absolute atomic E-state index is 0.0489. The number of alkyl halides is 3. The van der Waals surface area contributed by atoms with E-state index in [0.717, 1.165) is 16.7 Å². The lowest BCUT2D eigenvalue weighted by Gasteiger charge is -2.53. The third-order valence-electron chi connectivity index (χ3n) is 4.97. The van der Waals surface area contributed by atoms with Crippen LogP contribution in [0.15, 0.2) is 22.0 Å². The summed E-state index contributed by atoms with van der Waals surface area (Å²) in [6.45, 7) is 8.34. The second kappa shape index (κ2) is 6.54. The van der Waals surface area contributed by atoms with Crippen molar-refractivity contribution >= 4 is 29.7 Å². The molecule has 9 heteroatoms. The van der Waals surface area contributed by atoms with Gasteiger partial charge in [-0.15, -0.1) is 11.3 Å². The molecule has 0 radical (unpaired) electrons. The van der Waals surface area contributed by atoms with Gasteiger partial charge in [0.25, 0.3) is 0 Å². The van der Waals surface area contributed by atoms with E-state index in [-0.39, 0.29) is 35.1 Å². The molecule has 2 aliphatic rings. The van der Waals surface area contributed by atoms with Crippen molar-refractivity contribution in [2.24, 2.45) is 15.8 Å². The smallest absolute Gasteiger partial charge is 0.340 e. The first kappa shape index (κ1) is 19.7. The summed E-state index contributed by atoms with van der Waals surface area (Å²) in [5.74, 6) is -0.206. The van der Waals surface area contributed by atoms with E-state index in [1.165, 1.54) is 0 Å². The van der Waals surface area contributed by atoms with Gasteiger partial charge in [0, 0.05) is 34.9 Å². The maximum Gasteiger partial charge on any atom is 0.434 e. The summed E-state index contributed by atoms with van der Waals surface area (Å²) in [5.41, 5.74) is -1.18. The number of carbonyl (C=O) groups excluding carboxylic acids is 2. The van der Waals surface area contributed by atoms with Crippen molar-refractivity contribution in [1.29, 1.82) is 0 Å². The number of Topliss-reactive ketones (excluding diaryl/α,β-unsaturated/α-hetero) is 1. The molecule has 1 amide bonds. The quantitative estimate of drug-likeness (QED) is 0.731. The van der Waals surface area contributed by atoms with E-state index < -0.39 is 17.3 Å². The SMILES string of the molecule is C=NCC1=CC2(CN(C(=O)Cc3nc(C(F)(F)F)cs3)C2)CC(C)(C)C1=O. The summed E-state index contributed by atoms with van der Waals surface area (Å²) in [5, 5.41) is 1.08. The van der Waals surface area contributed by atoms with E-state index >= 15 is 0 Å². The van der Waals surface area contributed by atoms with E-state index in [1.807, 2.05) is 19.9 Å². The number of amides is 1. The number of aromatic nitrogens is 1.